The lowest BCUT2D eigenvalue weighted by atomic mass is 10.1. The minimum absolute atomic E-state index is 0.0226. The van der Waals surface area contributed by atoms with Gasteiger partial charge in [0.2, 0.25) is 5.91 Å². The van der Waals surface area contributed by atoms with Gasteiger partial charge in [-0.25, -0.2) is 4.39 Å². The molecule has 1 amide bonds. The zero-order chi connectivity index (χ0) is 21.5. The van der Waals surface area contributed by atoms with Gasteiger partial charge in [0.25, 0.3) is 0 Å². The first-order chi connectivity index (χ1) is 14.5. The van der Waals surface area contributed by atoms with Crippen LogP contribution in [0.3, 0.4) is 0 Å². The largest absolute Gasteiger partial charge is 0.395 e. The van der Waals surface area contributed by atoms with Crippen molar-refractivity contribution < 1.29 is 14.3 Å². The number of carbonyl (C=O) groups excluding carboxylic acids is 1. The van der Waals surface area contributed by atoms with Crippen LogP contribution in [-0.4, -0.2) is 71.6 Å². The minimum Gasteiger partial charge on any atom is -0.395 e. The summed E-state index contributed by atoms with van der Waals surface area (Å²) in [6, 6.07) is 13.2. The lowest BCUT2D eigenvalue weighted by Crippen LogP contribution is -2.51. The van der Waals surface area contributed by atoms with Crippen LogP contribution in [0.4, 0.5) is 4.39 Å². The third-order valence-electron chi connectivity index (χ3n) is 5.56. The topological polar surface area (TPSA) is 47.0 Å². The van der Waals surface area contributed by atoms with E-state index in [9.17, 15) is 14.3 Å². The van der Waals surface area contributed by atoms with E-state index in [0.717, 1.165) is 24.1 Å². The van der Waals surface area contributed by atoms with Crippen LogP contribution in [0, 0.1) is 12.7 Å². The number of aliphatic hydroxyl groups is 1. The lowest BCUT2D eigenvalue weighted by molar-refractivity contribution is -0.134. The molecular formula is C23H29BrFN3O2. The van der Waals surface area contributed by atoms with E-state index in [4.69, 9.17) is 0 Å². The minimum atomic E-state index is -0.307. The molecule has 7 heteroatoms. The Balaban J connectivity index is 1.53. The molecule has 5 nitrogen and oxygen atoms in total. The summed E-state index contributed by atoms with van der Waals surface area (Å²) < 4.78 is 14.9. The fraction of sp³-hybridized carbons (Fsp3) is 0.435. The maximum absolute atomic E-state index is 14.1. The van der Waals surface area contributed by atoms with Crippen molar-refractivity contribution in [2.75, 3.05) is 45.9 Å². The Morgan fingerprint density at radius 2 is 1.87 bits per heavy atom. The molecule has 0 radical (unpaired) electrons. The van der Waals surface area contributed by atoms with Gasteiger partial charge in [0.05, 0.1) is 13.2 Å². The van der Waals surface area contributed by atoms with E-state index in [1.807, 2.05) is 11.0 Å². The molecule has 1 heterocycles. The third kappa shape index (κ3) is 6.35. The second-order valence-corrected chi connectivity index (χ2v) is 8.67. The molecule has 2 aromatic carbocycles. The molecule has 162 valence electrons. The third-order valence-corrected chi connectivity index (χ3v) is 6.05. The highest BCUT2D eigenvalue weighted by molar-refractivity contribution is 9.10. The molecule has 1 saturated heterocycles. The van der Waals surface area contributed by atoms with E-state index in [1.54, 1.807) is 17.0 Å². The number of aliphatic hydroxyl groups excluding tert-OH is 1. The Bertz CT molecular complexity index is 856. The van der Waals surface area contributed by atoms with Crippen LogP contribution < -0.4 is 0 Å². The van der Waals surface area contributed by atoms with Gasteiger partial charge in [0.15, 0.2) is 0 Å². The van der Waals surface area contributed by atoms with Gasteiger partial charge in [0, 0.05) is 55.8 Å². The number of carbonyl (C=O) groups is 1. The second-order valence-electron chi connectivity index (χ2n) is 7.75. The summed E-state index contributed by atoms with van der Waals surface area (Å²) in [7, 11) is 0. The lowest BCUT2D eigenvalue weighted by Gasteiger charge is -2.36. The van der Waals surface area contributed by atoms with Gasteiger partial charge >= 0.3 is 0 Å². The summed E-state index contributed by atoms with van der Waals surface area (Å²) in [6.07, 6.45) is 0. The number of piperazine rings is 1. The van der Waals surface area contributed by atoms with E-state index in [0.29, 0.717) is 25.2 Å². The first-order valence-corrected chi connectivity index (χ1v) is 11.1. The van der Waals surface area contributed by atoms with Gasteiger partial charge in [-0.1, -0.05) is 40.2 Å². The van der Waals surface area contributed by atoms with Gasteiger partial charge in [-0.3, -0.25) is 14.6 Å². The first-order valence-electron chi connectivity index (χ1n) is 10.3. The molecule has 1 N–H and O–H groups in total. The van der Waals surface area contributed by atoms with Crippen molar-refractivity contribution in [3.05, 3.63) is 69.4 Å². The number of hydrogen-bond acceptors (Lipinski definition) is 4. The molecule has 2 aromatic rings. The van der Waals surface area contributed by atoms with Crippen molar-refractivity contribution in [2.45, 2.75) is 20.0 Å². The van der Waals surface area contributed by atoms with E-state index >= 15 is 0 Å². The Hall–Kier alpha value is -1.80. The standard InChI is InChI=1S/C23H29BrFN3O2/c1-18-4-2-3-5-19(18)15-26-8-10-28(11-9-26)23(30)17-27(12-13-29)16-20-14-21(24)6-7-22(20)25/h2-7,14,29H,8-13,15-17H2,1H3. The van der Waals surface area contributed by atoms with Crippen LogP contribution >= 0.6 is 15.9 Å². The highest BCUT2D eigenvalue weighted by Crippen LogP contribution is 2.18. The van der Waals surface area contributed by atoms with Crippen LogP contribution in [0.2, 0.25) is 0 Å². The number of halogens is 2. The summed E-state index contributed by atoms with van der Waals surface area (Å²) in [4.78, 5) is 18.9. The Morgan fingerprint density at radius 3 is 2.57 bits per heavy atom. The molecule has 0 saturated carbocycles. The molecule has 0 aliphatic carbocycles. The van der Waals surface area contributed by atoms with E-state index < -0.39 is 0 Å². The predicted molar refractivity (Wildman–Crippen MR) is 119 cm³/mol. The van der Waals surface area contributed by atoms with Gasteiger partial charge in [-0.15, -0.1) is 0 Å². The molecule has 0 unspecified atom stereocenters. The Labute approximate surface area is 186 Å². The van der Waals surface area contributed by atoms with Crippen molar-refractivity contribution in [2.24, 2.45) is 0 Å². The number of aryl methyl sites for hydroxylation is 1. The summed E-state index contributed by atoms with van der Waals surface area (Å²) in [5, 5.41) is 9.38. The van der Waals surface area contributed by atoms with Crippen LogP contribution in [0.25, 0.3) is 0 Å². The van der Waals surface area contributed by atoms with Gasteiger partial charge < -0.3 is 10.0 Å². The number of amides is 1. The number of nitrogens with zero attached hydrogens (tertiary/aromatic N) is 3. The van der Waals surface area contributed by atoms with Crippen LogP contribution in [0.15, 0.2) is 46.9 Å². The molecule has 1 aliphatic heterocycles. The molecule has 1 fully saturated rings. The normalized spacial score (nSPS) is 15.0. The average molecular weight is 478 g/mol. The van der Waals surface area contributed by atoms with Gasteiger partial charge in [-0.05, 0) is 36.2 Å². The molecule has 0 atom stereocenters. The average Bonchev–Trinajstić information content (AvgIpc) is 2.73. The Morgan fingerprint density at radius 1 is 1.13 bits per heavy atom. The number of hydrogen-bond donors (Lipinski definition) is 1. The summed E-state index contributed by atoms with van der Waals surface area (Å²) >= 11 is 3.36. The first kappa shape index (κ1) is 22.9. The van der Waals surface area contributed by atoms with Crippen molar-refractivity contribution >= 4 is 21.8 Å². The monoisotopic (exact) mass is 477 g/mol. The second kappa shape index (κ2) is 11.0. The molecule has 0 aromatic heterocycles. The van der Waals surface area contributed by atoms with Crippen molar-refractivity contribution in [1.82, 2.24) is 14.7 Å². The van der Waals surface area contributed by atoms with Crippen molar-refractivity contribution in [3.8, 4) is 0 Å². The van der Waals surface area contributed by atoms with Gasteiger partial charge in [0.1, 0.15) is 5.82 Å². The Kier molecular flexibility index (Phi) is 8.39. The molecule has 3 rings (SSSR count). The zero-order valence-electron chi connectivity index (χ0n) is 17.4. The maximum Gasteiger partial charge on any atom is 0.236 e. The number of rotatable bonds is 8. The molecule has 1 aliphatic rings. The van der Waals surface area contributed by atoms with E-state index in [1.165, 1.54) is 17.2 Å². The van der Waals surface area contributed by atoms with Crippen molar-refractivity contribution in [3.63, 3.8) is 0 Å². The number of benzene rings is 2. The predicted octanol–water partition coefficient (Wildman–Crippen LogP) is 3.04. The van der Waals surface area contributed by atoms with E-state index in [-0.39, 0.29) is 31.4 Å². The summed E-state index contributed by atoms with van der Waals surface area (Å²) in [6.45, 7) is 6.76. The van der Waals surface area contributed by atoms with Gasteiger partial charge in [-0.2, -0.15) is 0 Å². The maximum atomic E-state index is 14.1. The zero-order valence-corrected chi connectivity index (χ0v) is 18.9. The summed E-state index contributed by atoms with van der Waals surface area (Å²) in [5.74, 6) is -0.284. The highest BCUT2D eigenvalue weighted by Gasteiger charge is 2.23. The molecular weight excluding hydrogens is 449 g/mol. The fourth-order valence-corrected chi connectivity index (χ4v) is 4.14. The van der Waals surface area contributed by atoms with Crippen molar-refractivity contribution in [1.29, 1.82) is 0 Å². The summed E-state index contributed by atoms with van der Waals surface area (Å²) in [5.41, 5.74) is 3.12. The fourth-order valence-electron chi connectivity index (χ4n) is 3.74. The quantitative estimate of drug-likeness (QED) is 0.634. The smallest absolute Gasteiger partial charge is 0.236 e. The molecule has 30 heavy (non-hydrogen) atoms. The van der Waals surface area contributed by atoms with Crippen LogP contribution in [0.1, 0.15) is 16.7 Å². The highest BCUT2D eigenvalue weighted by atomic mass is 79.9. The SMILES string of the molecule is Cc1ccccc1CN1CCN(C(=O)CN(CCO)Cc2cc(Br)ccc2F)CC1. The van der Waals surface area contributed by atoms with E-state index in [2.05, 4.69) is 46.0 Å². The van der Waals surface area contributed by atoms with Crippen LogP contribution in [0.5, 0.6) is 0 Å². The molecule has 0 bridgehead atoms. The van der Waals surface area contributed by atoms with Crippen LogP contribution in [-0.2, 0) is 17.9 Å². The molecule has 0 spiro atoms.